The van der Waals surface area contributed by atoms with Gasteiger partial charge in [-0.15, -0.1) is 6.42 Å². The molecular weight excluding hydrogens is 276 g/mol. The minimum Gasteiger partial charge on any atom is -0.493 e. The van der Waals surface area contributed by atoms with E-state index in [9.17, 15) is 4.79 Å². The van der Waals surface area contributed by atoms with Gasteiger partial charge in [0, 0.05) is 17.5 Å². The number of ether oxygens (including phenoxy) is 1. The number of nitrogens with two attached hydrogens (primary N) is 1. The van der Waals surface area contributed by atoms with Crippen molar-refractivity contribution in [2.24, 2.45) is 5.73 Å². The number of hydrogen-bond acceptors (Lipinski definition) is 3. The van der Waals surface area contributed by atoms with E-state index in [-0.39, 0.29) is 12.6 Å². The number of carbonyl (C=O) groups is 1. The number of amides is 1. The normalized spacial score (nSPS) is 9.82. The summed E-state index contributed by atoms with van der Waals surface area (Å²) < 4.78 is 5.66. The summed E-state index contributed by atoms with van der Waals surface area (Å²) in [7, 11) is 0. The number of para-hydroxylation sites is 1. The lowest BCUT2D eigenvalue weighted by molar-refractivity contribution is 0.0953. The third-order valence-electron chi connectivity index (χ3n) is 3.17. The highest BCUT2D eigenvalue weighted by atomic mass is 16.5. The van der Waals surface area contributed by atoms with Crippen LogP contribution in [0.15, 0.2) is 48.5 Å². The SMILES string of the molecule is C#Cc1ccc(CCOc2ccccc2)c(C(=O)NCN)c1. The highest BCUT2D eigenvalue weighted by Gasteiger charge is 2.11. The van der Waals surface area contributed by atoms with E-state index in [2.05, 4.69) is 11.2 Å². The molecule has 2 aromatic carbocycles. The van der Waals surface area contributed by atoms with Gasteiger partial charge in [-0.3, -0.25) is 4.79 Å². The lowest BCUT2D eigenvalue weighted by atomic mass is 10.0. The van der Waals surface area contributed by atoms with E-state index >= 15 is 0 Å². The molecule has 4 nitrogen and oxygen atoms in total. The van der Waals surface area contributed by atoms with Gasteiger partial charge in [-0.1, -0.05) is 30.2 Å². The molecule has 112 valence electrons. The van der Waals surface area contributed by atoms with Crippen LogP contribution in [-0.2, 0) is 6.42 Å². The Morgan fingerprint density at radius 1 is 1.23 bits per heavy atom. The van der Waals surface area contributed by atoms with Crippen LogP contribution >= 0.6 is 0 Å². The summed E-state index contributed by atoms with van der Waals surface area (Å²) in [4.78, 5) is 12.1. The topological polar surface area (TPSA) is 64.3 Å². The van der Waals surface area contributed by atoms with Gasteiger partial charge in [-0.05, 0) is 29.8 Å². The van der Waals surface area contributed by atoms with Gasteiger partial charge in [0.2, 0.25) is 0 Å². The average molecular weight is 294 g/mol. The number of hydrogen-bond donors (Lipinski definition) is 2. The van der Waals surface area contributed by atoms with E-state index in [0.717, 1.165) is 11.3 Å². The van der Waals surface area contributed by atoms with Crippen LogP contribution in [0.5, 0.6) is 5.75 Å². The summed E-state index contributed by atoms with van der Waals surface area (Å²) in [6.07, 6.45) is 5.99. The zero-order valence-corrected chi connectivity index (χ0v) is 12.2. The first-order chi connectivity index (χ1) is 10.7. The Balaban J connectivity index is 2.09. The van der Waals surface area contributed by atoms with Crippen LogP contribution in [0.1, 0.15) is 21.5 Å². The lowest BCUT2D eigenvalue weighted by Crippen LogP contribution is -2.30. The van der Waals surface area contributed by atoms with Crippen LogP contribution in [0.25, 0.3) is 0 Å². The van der Waals surface area contributed by atoms with Crippen molar-refractivity contribution in [1.82, 2.24) is 5.32 Å². The Bertz CT molecular complexity index is 675. The standard InChI is InChI=1S/C18H18N2O2/c1-2-14-8-9-15(17(12-14)18(21)20-13-19)10-11-22-16-6-4-3-5-7-16/h1,3-9,12H,10-11,13,19H2,(H,20,21). The maximum atomic E-state index is 12.1. The largest absolute Gasteiger partial charge is 0.493 e. The molecule has 0 saturated heterocycles. The van der Waals surface area contributed by atoms with E-state index in [4.69, 9.17) is 16.9 Å². The van der Waals surface area contributed by atoms with Crippen molar-refractivity contribution in [3.63, 3.8) is 0 Å². The number of benzene rings is 2. The maximum absolute atomic E-state index is 12.1. The summed E-state index contributed by atoms with van der Waals surface area (Å²) >= 11 is 0. The highest BCUT2D eigenvalue weighted by Crippen LogP contribution is 2.14. The second-order valence-electron chi connectivity index (χ2n) is 4.64. The van der Waals surface area contributed by atoms with E-state index in [0.29, 0.717) is 24.2 Å². The molecule has 0 unspecified atom stereocenters. The van der Waals surface area contributed by atoms with E-state index in [1.807, 2.05) is 42.5 Å². The predicted molar refractivity (Wildman–Crippen MR) is 86.5 cm³/mol. The second kappa shape index (κ2) is 7.87. The lowest BCUT2D eigenvalue weighted by Gasteiger charge is -2.11. The molecule has 22 heavy (non-hydrogen) atoms. The molecule has 0 aromatic heterocycles. The Kier molecular flexibility index (Phi) is 5.58. The molecule has 1 amide bonds. The molecule has 0 atom stereocenters. The van der Waals surface area contributed by atoms with Crippen LogP contribution in [-0.4, -0.2) is 19.2 Å². The van der Waals surface area contributed by atoms with Crippen LogP contribution in [0.2, 0.25) is 0 Å². The number of nitrogens with one attached hydrogen (secondary N) is 1. The molecule has 2 rings (SSSR count). The summed E-state index contributed by atoms with van der Waals surface area (Å²) in [6, 6.07) is 14.9. The third kappa shape index (κ3) is 4.11. The quantitative estimate of drug-likeness (QED) is 0.632. The number of terminal acetylenes is 1. The summed E-state index contributed by atoms with van der Waals surface area (Å²) in [6.45, 7) is 0.557. The Hall–Kier alpha value is -2.77. The van der Waals surface area contributed by atoms with Crippen molar-refractivity contribution < 1.29 is 9.53 Å². The fourth-order valence-electron chi connectivity index (χ4n) is 2.08. The van der Waals surface area contributed by atoms with Crippen LogP contribution in [0.3, 0.4) is 0 Å². The van der Waals surface area contributed by atoms with Crippen LogP contribution in [0.4, 0.5) is 0 Å². The summed E-state index contributed by atoms with van der Waals surface area (Å²) in [5.41, 5.74) is 7.44. The molecule has 0 aliphatic heterocycles. The molecule has 2 aromatic rings. The second-order valence-corrected chi connectivity index (χ2v) is 4.64. The molecule has 0 aliphatic rings. The van der Waals surface area contributed by atoms with Crippen LogP contribution in [0, 0.1) is 12.3 Å². The van der Waals surface area contributed by atoms with Crippen molar-refractivity contribution in [1.29, 1.82) is 0 Å². The predicted octanol–water partition coefficient (Wildman–Crippen LogP) is 1.94. The molecule has 0 fully saturated rings. The molecule has 4 heteroatoms. The van der Waals surface area contributed by atoms with Crippen LogP contribution < -0.4 is 15.8 Å². The fourth-order valence-corrected chi connectivity index (χ4v) is 2.08. The van der Waals surface area contributed by atoms with E-state index < -0.39 is 0 Å². The van der Waals surface area contributed by atoms with Gasteiger partial charge in [0.25, 0.3) is 5.91 Å². The van der Waals surface area contributed by atoms with E-state index in [1.165, 1.54) is 0 Å². The maximum Gasteiger partial charge on any atom is 0.252 e. The average Bonchev–Trinajstić information content (AvgIpc) is 2.56. The molecule has 0 saturated carbocycles. The minimum atomic E-state index is -0.227. The van der Waals surface area contributed by atoms with Gasteiger partial charge < -0.3 is 15.8 Å². The van der Waals surface area contributed by atoms with Gasteiger partial charge in [0.1, 0.15) is 5.75 Å². The highest BCUT2D eigenvalue weighted by molar-refractivity contribution is 5.96. The van der Waals surface area contributed by atoms with Crippen molar-refractivity contribution >= 4 is 5.91 Å². The molecule has 0 heterocycles. The fraction of sp³-hybridized carbons (Fsp3) is 0.167. The van der Waals surface area contributed by atoms with Gasteiger partial charge >= 0.3 is 0 Å². The Morgan fingerprint density at radius 2 is 2.00 bits per heavy atom. The van der Waals surface area contributed by atoms with Gasteiger partial charge in [0.15, 0.2) is 0 Å². The first kappa shape index (κ1) is 15.6. The van der Waals surface area contributed by atoms with Gasteiger partial charge in [-0.25, -0.2) is 0 Å². The molecule has 0 aliphatic carbocycles. The zero-order valence-electron chi connectivity index (χ0n) is 12.2. The van der Waals surface area contributed by atoms with E-state index in [1.54, 1.807) is 6.07 Å². The number of carbonyl (C=O) groups excluding carboxylic acids is 1. The van der Waals surface area contributed by atoms with Crippen molar-refractivity contribution in [2.45, 2.75) is 6.42 Å². The first-order valence-corrected chi connectivity index (χ1v) is 7.00. The smallest absolute Gasteiger partial charge is 0.252 e. The van der Waals surface area contributed by atoms with Crippen molar-refractivity contribution in [3.05, 3.63) is 65.2 Å². The van der Waals surface area contributed by atoms with Crippen molar-refractivity contribution in [3.8, 4) is 18.1 Å². The van der Waals surface area contributed by atoms with Gasteiger partial charge in [0.05, 0.1) is 13.3 Å². The van der Waals surface area contributed by atoms with Crippen molar-refractivity contribution in [2.75, 3.05) is 13.3 Å². The zero-order chi connectivity index (χ0) is 15.8. The third-order valence-corrected chi connectivity index (χ3v) is 3.17. The monoisotopic (exact) mass is 294 g/mol. The first-order valence-electron chi connectivity index (χ1n) is 7.00. The molecular formula is C18H18N2O2. The molecule has 0 bridgehead atoms. The molecule has 0 radical (unpaired) electrons. The van der Waals surface area contributed by atoms with Gasteiger partial charge in [-0.2, -0.15) is 0 Å². The Morgan fingerprint density at radius 3 is 2.68 bits per heavy atom. The summed E-state index contributed by atoms with van der Waals surface area (Å²) in [5.74, 6) is 3.11. The minimum absolute atomic E-state index is 0.0824. The Labute approximate surface area is 130 Å². The molecule has 0 spiro atoms. The molecule has 3 N–H and O–H groups in total. The number of rotatable bonds is 6. The summed E-state index contributed by atoms with van der Waals surface area (Å²) in [5, 5.41) is 2.59.